The Morgan fingerprint density at radius 1 is 1.12 bits per heavy atom. The van der Waals surface area contributed by atoms with Crippen molar-refractivity contribution in [2.45, 2.75) is 27.2 Å². The predicted molar refractivity (Wildman–Crippen MR) is 106 cm³/mol. The Balaban J connectivity index is 2.75. The molecule has 0 radical (unpaired) electrons. The summed E-state index contributed by atoms with van der Waals surface area (Å²) in [4.78, 5) is 0. The summed E-state index contributed by atoms with van der Waals surface area (Å²) in [5.74, 6) is 0.865. The van der Waals surface area contributed by atoms with E-state index in [1.165, 1.54) is 11.1 Å². The second kappa shape index (κ2) is 7.83. The van der Waals surface area contributed by atoms with E-state index in [0.29, 0.717) is 0 Å². The van der Waals surface area contributed by atoms with Crippen molar-refractivity contribution in [2.24, 2.45) is 0 Å². The minimum Gasteiger partial charge on any atom is -0.495 e. The lowest BCUT2D eigenvalue weighted by molar-refractivity contribution is 0.371. The standard InChI is InChI=1S/C23H26O/c1-7-18-11-9-10-12-21(18)23(24-6)20(8-2)22-15-19(16(3)4)14-13-17(22)5/h8-15H,2-3,7H2,1,4-6H3/b23-20+. The Hall–Kier alpha value is -2.54. The van der Waals surface area contributed by atoms with Gasteiger partial charge in [0.05, 0.1) is 7.11 Å². The van der Waals surface area contributed by atoms with E-state index < -0.39 is 0 Å². The van der Waals surface area contributed by atoms with Crippen LogP contribution in [0.25, 0.3) is 16.9 Å². The first-order chi connectivity index (χ1) is 11.5. The molecule has 0 saturated heterocycles. The number of hydrogen-bond donors (Lipinski definition) is 0. The van der Waals surface area contributed by atoms with Crippen LogP contribution < -0.4 is 0 Å². The lowest BCUT2D eigenvalue weighted by atomic mass is 9.92. The minimum atomic E-state index is 0.865. The average Bonchev–Trinajstić information content (AvgIpc) is 2.60. The van der Waals surface area contributed by atoms with Gasteiger partial charge < -0.3 is 4.74 Å². The van der Waals surface area contributed by atoms with Crippen LogP contribution in [-0.2, 0) is 11.2 Å². The first kappa shape index (κ1) is 17.8. The number of benzene rings is 2. The molecule has 24 heavy (non-hydrogen) atoms. The summed E-state index contributed by atoms with van der Waals surface area (Å²) in [7, 11) is 1.73. The zero-order valence-corrected chi connectivity index (χ0v) is 15.1. The number of rotatable bonds is 6. The van der Waals surface area contributed by atoms with Crippen LogP contribution in [0, 0.1) is 6.92 Å². The third-order valence-corrected chi connectivity index (χ3v) is 4.32. The van der Waals surface area contributed by atoms with Gasteiger partial charge in [-0.1, -0.05) is 68.1 Å². The van der Waals surface area contributed by atoms with Gasteiger partial charge in [-0.15, -0.1) is 0 Å². The van der Waals surface area contributed by atoms with Crippen molar-refractivity contribution in [2.75, 3.05) is 7.11 Å². The summed E-state index contributed by atoms with van der Waals surface area (Å²) in [5.41, 5.74) is 7.91. The van der Waals surface area contributed by atoms with Crippen LogP contribution in [0.3, 0.4) is 0 Å². The maximum atomic E-state index is 5.83. The smallest absolute Gasteiger partial charge is 0.134 e. The molecule has 124 valence electrons. The summed E-state index contributed by atoms with van der Waals surface area (Å²) in [5, 5.41) is 0. The summed E-state index contributed by atoms with van der Waals surface area (Å²) in [6, 6.07) is 14.8. The molecule has 0 aliphatic heterocycles. The van der Waals surface area contributed by atoms with E-state index in [1.807, 2.05) is 19.1 Å². The summed E-state index contributed by atoms with van der Waals surface area (Å²) in [6.07, 6.45) is 2.84. The Morgan fingerprint density at radius 2 is 1.83 bits per heavy atom. The fourth-order valence-electron chi connectivity index (χ4n) is 2.92. The molecule has 1 nitrogen and oxygen atoms in total. The van der Waals surface area contributed by atoms with Gasteiger partial charge in [0.25, 0.3) is 0 Å². The quantitative estimate of drug-likeness (QED) is 0.345. The molecule has 0 saturated carbocycles. The zero-order chi connectivity index (χ0) is 17.7. The van der Waals surface area contributed by atoms with Crippen molar-refractivity contribution < 1.29 is 4.74 Å². The van der Waals surface area contributed by atoms with Gasteiger partial charge in [-0.05, 0) is 48.6 Å². The molecule has 2 aromatic rings. The molecule has 0 unspecified atom stereocenters. The van der Waals surface area contributed by atoms with Crippen molar-refractivity contribution in [1.82, 2.24) is 0 Å². The molecule has 0 bridgehead atoms. The average molecular weight is 318 g/mol. The maximum Gasteiger partial charge on any atom is 0.134 e. The van der Waals surface area contributed by atoms with Crippen molar-refractivity contribution in [3.05, 3.63) is 89.5 Å². The van der Waals surface area contributed by atoms with E-state index in [-0.39, 0.29) is 0 Å². The number of aryl methyl sites for hydroxylation is 2. The number of hydrogen-bond acceptors (Lipinski definition) is 1. The van der Waals surface area contributed by atoms with Crippen molar-refractivity contribution >= 4 is 16.9 Å². The molecule has 0 fully saturated rings. The topological polar surface area (TPSA) is 9.23 Å². The Bertz CT molecular complexity index is 793. The fraction of sp³-hybridized carbons (Fsp3) is 0.217. The molecule has 0 spiro atoms. The summed E-state index contributed by atoms with van der Waals surface area (Å²) in [6.45, 7) is 14.4. The van der Waals surface area contributed by atoms with Crippen LogP contribution in [0.1, 0.15) is 41.7 Å². The second-order valence-electron chi connectivity index (χ2n) is 5.97. The molecule has 0 aliphatic carbocycles. The summed E-state index contributed by atoms with van der Waals surface area (Å²) >= 11 is 0. The van der Waals surface area contributed by atoms with E-state index in [0.717, 1.165) is 40.0 Å². The largest absolute Gasteiger partial charge is 0.495 e. The van der Waals surface area contributed by atoms with Crippen LogP contribution >= 0.6 is 0 Å². The zero-order valence-electron chi connectivity index (χ0n) is 15.1. The van der Waals surface area contributed by atoms with Gasteiger partial charge in [0, 0.05) is 11.1 Å². The first-order valence-corrected chi connectivity index (χ1v) is 8.29. The number of allylic oxidation sites excluding steroid dienone is 3. The molecule has 0 heterocycles. The number of methoxy groups -OCH3 is 1. The highest BCUT2D eigenvalue weighted by Gasteiger charge is 2.15. The second-order valence-corrected chi connectivity index (χ2v) is 5.97. The lowest BCUT2D eigenvalue weighted by Gasteiger charge is -2.17. The molecule has 0 aromatic heterocycles. The van der Waals surface area contributed by atoms with Crippen LogP contribution in [0.4, 0.5) is 0 Å². The van der Waals surface area contributed by atoms with E-state index in [1.54, 1.807) is 7.11 Å². The Labute approximate surface area is 146 Å². The van der Waals surface area contributed by atoms with E-state index in [9.17, 15) is 0 Å². The molecule has 2 rings (SSSR count). The van der Waals surface area contributed by atoms with Gasteiger partial charge in [0.2, 0.25) is 0 Å². The van der Waals surface area contributed by atoms with Crippen LogP contribution in [-0.4, -0.2) is 7.11 Å². The van der Waals surface area contributed by atoms with Gasteiger partial charge in [-0.25, -0.2) is 0 Å². The van der Waals surface area contributed by atoms with E-state index in [2.05, 4.69) is 63.4 Å². The lowest BCUT2D eigenvalue weighted by Crippen LogP contribution is -1.99. The van der Waals surface area contributed by atoms with Gasteiger partial charge in [0.15, 0.2) is 0 Å². The maximum absolute atomic E-state index is 5.83. The highest BCUT2D eigenvalue weighted by Crippen LogP contribution is 2.33. The third-order valence-electron chi connectivity index (χ3n) is 4.32. The van der Waals surface area contributed by atoms with Crippen molar-refractivity contribution in [3.63, 3.8) is 0 Å². The molecule has 0 atom stereocenters. The number of ether oxygens (including phenoxy) is 1. The van der Waals surface area contributed by atoms with E-state index in [4.69, 9.17) is 4.74 Å². The highest BCUT2D eigenvalue weighted by atomic mass is 16.5. The van der Waals surface area contributed by atoms with Gasteiger partial charge >= 0.3 is 0 Å². The third kappa shape index (κ3) is 3.51. The monoisotopic (exact) mass is 318 g/mol. The minimum absolute atomic E-state index is 0.865. The van der Waals surface area contributed by atoms with Crippen LogP contribution in [0.15, 0.2) is 61.7 Å². The molecule has 1 heteroatoms. The Morgan fingerprint density at radius 3 is 2.42 bits per heavy atom. The molecule has 2 aromatic carbocycles. The predicted octanol–water partition coefficient (Wildman–Crippen LogP) is 6.29. The summed E-state index contributed by atoms with van der Waals surface area (Å²) < 4.78 is 5.83. The van der Waals surface area contributed by atoms with E-state index >= 15 is 0 Å². The van der Waals surface area contributed by atoms with Crippen molar-refractivity contribution in [3.8, 4) is 0 Å². The molecular formula is C23H26O. The van der Waals surface area contributed by atoms with Gasteiger partial charge in [0.1, 0.15) is 5.76 Å². The molecule has 0 N–H and O–H groups in total. The van der Waals surface area contributed by atoms with Crippen molar-refractivity contribution in [1.29, 1.82) is 0 Å². The SMILES string of the molecule is C=C/C(=C(\OC)c1ccccc1CC)c1cc(C(=C)C)ccc1C. The molecular weight excluding hydrogens is 292 g/mol. The van der Waals surface area contributed by atoms with Gasteiger partial charge in [-0.3, -0.25) is 0 Å². The normalized spacial score (nSPS) is 11.7. The van der Waals surface area contributed by atoms with Crippen LogP contribution in [0.5, 0.6) is 0 Å². The Kier molecular flexibility index (Phi) is 5.81. The first-order valence-electron chi connectivity index (χ1n) is 8.29. The molecule has 0 amide bonds. The molecule has 0 aliphatic rings. The van der Waals surface area contributed by atoms with Gasteiger partial charge in [-0.2, -0.15) is 0 Å². The highest BCUT2D eigenvalue weighted by molar-refractivity contribution is 5.94. The fourth-order valence-corrected chi connectivity index (χ4v) is 2.92. The van der Waals surface area contributed by atoms with Crippen LogP contribution in [0.2, 0.25) is 0 Å².